The molecule has 5 nitrogen and oxygen atoms in total. The largest absolute Gasteiger partial charge is 0.331 e. The molecule has 0 atom stereocenters. The van der Waals surface area contributed by atoms with Gasteiger partial charge in [0.25, 0.3) is 0 Å². The average Bonchev–Trinajstić information content (AvgIpc) is 3.32. The van der Waals surface area contributed by atoms with Gasteiger partial charge in [-0.3, -0.25) is 0 Å². The summed E-state index contributed by atoms with van der Waals surface area (Å²) in [5, 5.41) is 14.7. The van der Waals surface area contributed by atoms with Crippen LogP contribution in [0.25, 0.3) is 16.9 Å². The summed E-state index contributed by atoms with van der Waals surface area (Å²) in [6, 6.07) is 12.5. The standard InChI is InChI=1S/C20H19N5S/c1-13-10-15(3)18(11-14(13)2)23-20-24-19(12-26-20)16-4-6-17(7-5-16)25-21-8-9-22-25/h4-12H,1-3H3,(H,23,24). The van der Waals surface area contributed by atoms with Crippen LogP contribution >= 0.6 is 11.3 Å². The molecule has 6 heteroatoms. The lowest BCUT2D eigenvalue weighted by molar-refractivity contribution is 0.752. The van der Waals surface area contributed by atoms with Crippen LogP contribution in [0.2, 0.25) is 0 Å². The van der Waals surface area contributed by atoms with Crippen LogP contribution in [0.15, 0.2) is 54.2 Å². The van der Waals surface area contributed by atoms with Crippen LogP contribution in [0.1, 0.15) is 16.7 Å². The van der Waals surface area contributed by atoms with Crippen molar-refractivity contribution in [3.63, 3.8) is 0 Å². The Morgan fingerprint density at radius 2 is 1.58 bits per heavy atom. The molecule has 4 aromatic rings. The van der Waals surface area contributed by atoms with Gasteiger partial charge < -0.3 is 5.32 Å². The smallest absolute Gasteiger partial charge is 0.187 e. The first-order chi connectivity index (χ1) is 12.6. The van der Waals surface area contributed by atoms with E-state index in [4.69, 9.17) is 4.98 Å². The van der Waals surface area contributed by atoms with Gasteiger partial charge in [0.05, 0.1) is 23.8 Å². The third kappa shape index (κ3) is 3.23. The van der Waals surface area contributed by atoms with E-state index in [1.54, 1.807) is 28.5 Å². The van der Waals surface area contributed by atoms with Crippen LogP contribution < -0.4 is 5.32 Å². The van der Waals surface area contributed by atoms with Gasteiger partial charge in [-0.1, -0.05) is 18.2 Å². The highest BCUT2D eigenvalue weighted by atomic mass is 32.1. The monoisotopic (exact) mass is 361 g/mol. The molecule has 26 heavy (non-hydrogen) atoms. The third-order valence-corrected chi connectivity index (χ3v) is 5.16. The van der Waals surface area contributed by atoms with Gasteiger partial charge in [0.1, 0.15) is 0 Å². The Morgan fingerprint density at radius 3 is 2.31 bits per heavy atom. The molecule has 0 bridgehead atoms. The SMILES string of the molecule is Cc1cc(C)c(Nc2nc(-c3ccc(-n4nccn4)cc3)cs2)cc1C. The van der Waals surface area contributed by atoms with Crippen LogP contribution in [-0.2, 0) is 0 Å². The van der Waals surface area contributed by atoms with Crippen molar-refractivity contribution in [3.05, 3.63) is 70.9 Å². The summed E-state index contributed by atoms with van der Waals surface area (Å²) >= 11 is 1.61. The topological polar surface area (TPSA) is 55.6 Å². The fourth-order valence-corrected chi connectivity index (χ4v) is 3.52. The minimum atomic E-state index is 0.893. The number of nitrogens with one attached hydrogen (secondary N) is 1. The molecule has 2 heterocycles. The number of thiazole rings is 1. The summed E-state index contributed by atoms with van der Waals surface area (Å²) in [5.74, 6) is 0. The molecule has 4 rings (SSSR count). The molecule has 2 aromatic carbocycles. The third-order valence-electron chi connectivity index (χ3n) is 4.40. The Hall–Kier alpha value is -2.99. The lowest BCUT2D eigenvalue weighted by Gasteiger charge is -2.10. The van der Waals surface area contributed by atoms with Crippen LogP contribution in [-0.4, -0.2) is 20.0 Å². The first-order valence-corrected chi connectivity index (χ1v) is 9.25. The zero-order valence-corrected chi connectivity index (χ0v) is 15.7. The second-order valence-electron chi connectivity index (χ2n) is 6.28. The Balaban J connectivity index is 1.56. The van der Waals surface area contributed by atoms with Crippen molar-refractivity contribution in [3.8, 4) is 16.9 Å². The van der Waals surface area contributed by atoms with Crippen molar-refractivity contribution >= 4 is 22.2 Å². The fourth-order valence-electron chi connectivity index (χ4n) is 2.79. The van der Waals surface area contributed by atoms with Gasteiger partial charge in [0, 0.05) is 16.6 Å². The van der Waals surface area contributed by atoms with E-state index in [0.29, 0.717) is 0 Å². The van der Waals surface area contributed by atoms with Crippen molar-refractivity contribution in [2.75, 3.05) is 5.32 Å². The van der Waals surface area contributed by atoms with Gasteiger partial charge in [0.15, 0.2) is 5.13 Å². The van der Waals surface area contributed by atoms with Crippen LogP contribution in [0.3, 0.4) is 0 Å². The van der Waals surface area contributed by atoms with E-state index in [0.717, 1.165) is 27.8 Å². The fraction of sp³-hybridized carbons (Fsp3) is 0.150. The van der Waals surface area contributed by atoms with Gasteiger partial charge in [-0.05, 0) is 55.7 Å². The molecule has 130 valence electrons. The highest BCUT2D eigenvalue weighted by molar-refractivity contribution is 7.14. The molecule has 2 aromatic heterocycles. The second-order valence-corrected chi connectivity index (χ2v) is 7.14. The number of aromatic nitrogens is 4. The lowest BCUT2D eigenvalue weighted by Crippen LogP contribution is -1.97. The molecule has 0 aliphatic carbocycles. The van der Waals surface area contributed by atoms with Gasteiger partial charge in [-0.15, -0.1) is 11.3 Å². The maximum atomic E-state index is 4.73. The lowest BCUT2D eigenvalue weighted by atomic mass is 10.1. The van der Waals surface area contributed by atoms with E-state index in [1.807, 2.05) is 24.3 Å². The van der Waals surface area contributed by atoms with Crippen molar-refractivity contribution < 1.29 is 0 Å². The summed E-state index contributed by atoms with van der Waals surface area (Å²) in [5.41, 5.74) is 7.87. The molecule has 0 radical (unpaired) electrons. The zero-order chi connectivity index (χ0) is 18.1. The van der Waals surface area contributed by atoms with Crippen molar-refractivity contribution in [1.29, 1.82) is 0 Å². The van der Waals surface area contributed by atoms with E-state index in [2.05, 4.69) is 53.8 Å². The highest BCUT2D eigenvalue weighted by Crippen LogP contribution is 2.29. The Kier molecular flexibility index (Phi) is 4.26. The summed E-state index contributed by atoms with van der Waals surface area (Å²) in [4.78, 5) is 6.33. The summed E-state index contributed by atoms with van der Waals surface area (Å²) in [6.07, 6.45) is 3.34. The van der Waals surface area contributed by atoms with Crippen molar-refractivity contribution in [1.82, 2.24) is 20.0 Å². The predicted molar refractivity (Wildman–Crippen MR) is 106 cm³/mol. The Labute approximate surface area is 156 Å². The van der Waals surface area contributed by atoms with E-state index in [1.165, 1.54) is 16.7 Å². The van der Waals surface area contributed by atoms with Crippen LogP contribution in [0.5, 0.6) is 0 Å². The predicted octanol–water partition coefficient (Wildman–Crippen LogP) is 5.06. The molecule has 0 saturated heterocycles. The molecule has 0 saturated carbocycles. The number of hydrogen-bond acceptors (Lipinski definition) is 5. The number of aryl methyl sites for hydroxylation is 3. The minimum absolute atomic E-state index is 0.893. The van der Waals surface area contributed by atoms with Crippen LogP contribution in [0.4, 0.5) is 10.8 Å². The van der Waals surface area contributed by atoms with Gasteiger partial charge in [0.2, 0.25) is 0 Å². The van der Waals surface area contributed by atoms with Crippen LogP contribution in [0, 0.1) is 20.8 Å². The van der Waals surface area contributed by atoms with Gasteiger partial charge in [-0.25, -0.2) is 4.98 Å². The van der Waals surface area contributed by atoms with Crippen molar-refractivity contribution in [2.24, 2.45) is 0 Å². The molecular weight excluding hydrogens is 342 g/mol. The molecule has 0 amide bonds. The molecule has 0 aliphatic heterocycles. The highest BCUT2D eigenvalue weighted by Gasteiger charge is 2.08. The van der Waals surface area contributed by atoms with E-state index < -0.39 is 0 Å². The number of benzene rings is 2. The number of rotatable bonds is 4. The maximum Gasteiger partial charge on any atom is 0.187 e. The number of anilines is 2. The average molecular weight is 361 g/mol. The molecule has 0 unspecified atom stereocenters. The van der Waals surface area contributed by atoms with Crippen molar-refractivity contribution in [2.45, 2.75) is 20.8 Å². The summed E-state index contributed by atoms with van der Waals surface area (Å²) in [7, 11) is 0. The Morgan fingerprint density at radius 1 is 0.885 bits per heavy atom. The molecule has 1 N–H and O–H groups in total. The maximum absolute atomic E-state index is 4.73. The quantitative estimate of drug-likeness (QED) is 0.552. The van der Waals surface area contributed by atoms with E-state index in [-0.39, 0.29) is 0 Å². The first-order valence-electron chi connectivity index (χ1n) is 8.38. The van der Waals surface area contributed by atoms with E-state index in [9.17, 15) is 0 Å². The number of nitrogens with zero attached hydrogens (tertiary/aromatic N) is 4. The Bertz CT molecular complexity index is 1030. The molecule has 0 aliphatic rings. The normalized spacial score (nSPS) is 10.9. The summed E-state index contributed by atoms with van der Waals surface area (Å²) in [6.45, 7) is 6.38. The molecule has 0 spiro atoms. The first kappa shape index (κ1) is 16.5. The zero-order valence-electron chi connectivity index (χ0n) is 14.9. The molecular formula is C20H19N5S. The number of hydrogen-bond donors (Lipinski definition) is 1. The van der Waals surface area contributed by atoms with E-state index >= 15 is 0 Å². The summed E-state index contributed by atoms with van der Waals surface area (Å²) < 4.78 is 0. The minimum Gasteiger partial charge on any atom is -0.331 e. The second kappa shape index (κ2) is 6.72. The van der Waals surface area contributed by atoms with Gasteiger partial charge in [-0.2, -0.15) is 15.0 Å². The molecule has 0 fully saturated rings. The van der Waals surface area contributed by atoms with Gasteiger partial charge >= 0.3 is 0 Å².